The number of thioether (sulfide) groups is 1. The standard InChI is InChI=1S/C38H46F3N5O4S/c39-38(40,41)32-29(33(47)44-37(34(48)49)24-13-22-12-23(15-24)16-25(37)14-22)18-42-35(43-32)46-21-36(8-2-1-3-9-36)30-17-28(4-5-31(30)46)50-27-6-10-45(11-7-27)26-19-51-20-26/h4-5,17-18,22-27H,1-3,6-16,19-21H2,(H,44,47)(H,48,49). The van der Waals surface area contributed by atoms with E-state index in [1.807, 2.05) is 23.9 Å². The first kappa shape index (κ1) is 33.8. The second-order valence-electron chi connectivity index (χ2n) is 16.5. The highest BCUT2D eigenvalue weighted by Crippen LogP contribution is 2.59. The van der Waals surface area contributed by atoms with Gasteiger partial charge in [-0.1, -0.05) is 19.3 Å². The van der Waals surface area contributed by atoms with Gasteiger partial charge in [0.05, 0.1) is 5.56 Å². The second kappa shape index (κ2) is 12.5. The molecule has 4 heterocycles. The van der Waals surface area contributed by atoms with Crippen molar-refractivity contribution in [2.75, 3.05) is 36.0 Å². The number of nitrogens with one attached hydrogen (secondary N) is 1. The number of aliphatic carboxylic acids is 1. The van der Waals surface area contributed by atoms with Crippen molar-refractivity contribution in [2.45, 2.75) is 106 Å². The largest absolute Gasteiger partial charge is 0.490 e. The maximum atomic E-state index is 14.8. The Morgan fingerprint density at radius 1 is 0.980 bits per heavy atom. The summed E-state index contributed by atoms with van der Waals surface area (Å²) >= 11 is 2.00. The van der Waals surface area contributed by atoms with Crippen LogP contribution in [0.25, 0.3) is 0 Å². The number of ether oxygens (including phenoxy) is 1. The molecule has 0 unspecified atom stereocenters. The summed E-state index contributed by atoms with van der Waals surface area (Å²) in [5, 5.41) is 13.1. The predicted octanol–water partition coefficient (Wildman–Crippen LogP) is 6.82. The van der Waals surface area contributed by atoms with Gasteiger partial charge in [0.25, 0.3) is 5.91 Å². The maximum Gasteiger partial charge on any atom is 0.434 e. The topological polar surface area (TPSA) is 108 Å². The average molecular weight is 726 g/mol. The molecule has 1 spiro atoms. The third-order valence-electron chi connectivity index (χ3n) is 13.6. The summed E-state index contributed by atoms with van der Waals surface area (Å²) in [6.45, 7) is 2.51. The molecule has 2 saturated heterocycles. The molecule has 0 radical (unpaired) electrons. The van der Waals surface area contributed by atoms with Gasteiger partial charge in [0.15, 0.2) is 5.69 Å². The number of amides is 1. The van der Waals surface area contributed by atoms with Crippen LogP contribution >= 0.6 is 11.8 Å². The zero-order valence-electron chi connectivity index (χ0n) is 28.8. The first-order chi connectivity index (χ1) is 24.5. The molecular formula is C38H46F3N5O4S. The second-order valence-corrected chi connectivity index (χ2v) is 17.6. The predicted molar refractivity (Wildman–Crippen MR) is 186 cm³/mol. The van der Waals surface area contributed by atoms with Gasteiger partial charge < -0.3 is 20.1 Å². The van der Waals surface area contributed by atoms with Crippen LogP contribution in [-0.4, -0.2) is 80.7 Å². The Balaban J connectivity index is 0.998. The molecule has 0 atom stereocenters. The van der Waals surface area contributed by atoms with Crippen LogP contribution in [0.5, 0.6) is 5.75 Å². The summed E-state index contributed by atoms with van der Waals surface area (Å²) in [6.07, 6.45) is 6.79. The average Bonchev–Trinajstić information content (AvgIpc) is 3.38. The number of carbonyl (C=O) groups is 2. The molecule has 1 amide bonds. The van der Waals surface area contributed by atoms with E-state index in [0.29, 0.717) is 50.1 Å². The maximum absolute atomic E-state index is 14.8. The SMILES string of the molecule is O=C(NC1(C(=O)O)C2CC3CC(C2)CC1C3)c1cnc(N2CC3(CCCCC3)c3cc(OC4CCN(C5CSC5)CC4)ccc32)nc1C(F)(F)F. The van der Waals surface area contributed by atoms with Crippen molar-refractivity contribution in [3.63, 3.8) is 0 Å². The minimum Gasteiger partial charge on any atom is -0.490 e. The van der Waals surface area contributed by atoms with E-state index in [9.17, 15) is 27.9 Å². The lowest BCUT2D eigenvalue weighted by Crippen LogP contribution is -2.70. The van der Waals surface area contributed by atoms with Crippen LogP contribution in [0.15, 0.2) is 24.4 Å². The summed E-state index contributed by atoms with van der Waals surface area (Å²) in [7, 11) is 0. The van der Waals surface area contributed by atoms with Crippen molar-refractivity contribution in [1.29, 1.82) is 0 Å². The molecule has 3 aliphatic heterocycles. The van der Waals surface area contributed by atoms with Crippen molar-refractivity contribution in [1.82, 2.24) is 20.2 Å². The molecule has 9 nitrogen and oxygen atoms in total. The Bertz CT molecular complexity index is 1680. The van der Waals surface area contributed by atoms with Gasteiger partial charge in [-0.2, -0.15) is 24.9 Å². The quantitative estimate of drug-likeness (QED) is 0.318. The fraction of sp³-hybridized carbons (Fsp3) is 0.684. The zero-order valence-corrected chi connectivity index (χ0v) is 29.6. The van der Waals surface area contributed by atoms with Gasteiger partial charge in [0, 0.05) is 54.5 Å². The van der Waals surface area contributed by atoms with Crippen LogP contribution in [0.2, 0.25) is 0 Å². The summed E-state index contributed by atoms with van der Waals surface area (Å²) in [5.41, 5.74) is -2.09. The van der Waals surface area contributed by atoms with E-state index < -0.39 is 34.8 Å². The summed E-state index contributed by atoms with van der Waals surface area (Å²) in [4.78, 5) is 39.4. The molecule has 8 aliphatic rings. The Kier molecular flexibility index (Phi) is 8.29. The first-order valence-corrected chi connectivity index (χ1v) is 20.1. The van der Waals surface area contributed by atoms with E-state index >= 15 is 0 Å². The third kappa shape index (κ3) is 5.70. The van der Waals surface area contributed by atoms with Crippen molar-refractivity contribution in [3.8, 4) is 5.75 Å². The van der Waals surface area contributed by atoms with E-state index in [1.54, 1.807) is 4.90 Å². The van der Waals surface area contributed by atoms with Crippen molar-refractivity contribution in [3.05, 3.63) is 41.2 Å². The lowest BCUT2D eigenvalue weighted by atomic mass is 9.48. The number of likely N-dealkylation sites (tertiary alicyclic amines) is 1. The number of benzene rings is 1. The molecule has 4 bridgehead atoms. The van der Waals surface area contributed by atoms with Crippen molar-refractivity contribution >= 4 is 35.3 Å². The van der Waals surface area contributed by atoms with Gasteiger partial charge >= 0.3 is 12.1 Å². The number of fused-ring (bicyclic) bond motifs is 2. The number of anilines is 2. The smallest absolute Gasteiger partial charge is 0.434 e. The van der Waals surface area contributed by atoms with Crippen LogP contribution in [0.4, 0.5) is 24.8 Å². The minimum absolute atomic E-state index is 0.111. The highest BCUT2D eigenvalue weighted by Gasteiger charge is 2.62. The Morgan fingerprint density at radius 3 is 2.27 bits per heavy atom. The van der Waals surface area contributed by atoms with E-state index in [2.05, 4.69) is 26.3 Å². The monoisotopic (exact) mass is 725 g/mol. The summed E-state index contributed by atoms with van der Waals surface area (Å²) < 4.78 is 50.9. The van der Waals surface area contributed by atoms with E-state index in [1.165, 1.54) is 11.5 Å². The number of nitrogens with zero attached hydrogens (tertiary/aromatic N) is 4. The molecule has 13 heteroatoms. The lowest BCUT2D eigenvalue weighted by molar-refractivity contribution is -0.163. The van der Waals surface area contributed by atoms with Crippen LogP contribution in [0.1, 0.15) is 98.7 Å². The Hall–Kier alpha value is -3.06. The fourth-order valence-electron chi connectivity index (χ4n) is 11.2. The number of carboxylic acid groups (broad SMARTS) is 1. The Morgan fingerprint density at radius 2 is 1.67 bits per heavy atom. The first-order valence-electron chi connectivity index (χ1n) is 18.9. The number of hydrogen-bond donors (Lipinski definition) is 2. The number of rotatable bonds is 7. The molecule has 7 fully saturated rings. The van der Waals surface area contributed by atoms with Crippen LogP contribution in [0.3, 0.4) is 0 Å². The van der Waals surface area contributed by atoms with Crippen molar-refractivity contribution in [2.24, 2.45) is 23.7 Å². The normalized spacial score (nSPS) is 31.8. The highest BCUT2D eigenvalue weighted by atomic mass is 32.2. The van der Waals surface area contributed by atoms with Crippen molar-refractivity contribution < 1.29 is 32.6 Å². The van der Waals surface area contributed by atoms with Gasteiger partial charge in [0.2, 0.25) is 5.95 Å². The van der Waals surface area contributed by atoms with Crippen LogP contribution in [0, 0.1) is 23.7 Å². The lowest BCUT2D eigenvalue weighted by Gasteiger charge is -2.59. The third-order valence-corrected chi connectivity index (χ3v) is 14.9. The number of carbonyl (C=O) groups excluding carboxylic acids is 1. The molecule has 5 saturated carbocycles. The molecule has 274 valence electrons. The molecule has 10 rings (SSSR count). The number of aromatic nitrogens is 2. The van der Waals surface area contributed by atoms with Gasteiger partial charge in [-0.05, 0) is 105 Å². The fourth-order valence-corrected chi connectivity index (χ4v) is 12.1. The zero-order chi connectivity index (χ0) is 35.1. The number of hydrogen-bond acceptors (Lipinski definition) is 8. The number of halogens is 3. The highest BCUT2D eigenvalue weighted by molar-refractivity contribution is 8.00. The molecular weight excluding hydrogens is 680 g/mol. The molecule has 5 aliphatic carbocycles. The van der Waals surface area contributed by atoms with Gasteiger partial charge in [0.1, 0.15) is 17.4 Å². The van der Waals surface area contributed by atoms with Gasteiger partial charge in [-0.3, -0.25) is 9.69 Å². The number of carboxylic acids is 1. The van der Waals surface area contributed by atoms with Crippen LogP contribution < -0.4 is 15.0 Å². The van der Waals surface area contributed by atoms with Gasteiger partial charge in [-0.15, -0.1) is 0 Å². The number of alkyl halides is 3. The molecule has 2 N–H and O–H groups in total. The van der Waals surface area contributed by atoms with E-state index in [0.717, 1.165) is 87.7 Å². The number of piperidine rings is 1. The minimum atomic E-state index is -4.96. The molecule has 2 aromatic rings. The molecule has 1 aromatic heterocycles. The van der Waals surface area contributed by atoms with E-state index in [4.69, 9.17) is 4.74 Å². The molecule has 1 aromatic carbocycles. The summed E-state index contributed by atoms with van der Waals surface area (Å²) in [5.74, 6) is 1.10. The van der Waals surface area contributed by atoms with E-state index in [-0.39, 0.29) is 29.3 Å². The van der Waals surface area contributed by atoms with Crippen LogP contribution in [-0.2, 0) is 16.4 Å². The Labute approximate surface area is 300 Å². The summed E-state index contributed by atoms with van der Waals surface area (Å²) in [6, 6.07) is 6.62. The van der Waals surface area contributed by atoms with Gasteiger partial charge in [-0.25, -0.2) is 14.8 Å². The molecule has 51 heavy (non-hydrogen) atoms.